The molecule has 5 N–H and O–H groups in total. The van der Waals surface area contributed by atoms with Gasteiger partial charge in [-0.15, -0.1) is 0 Å². The molecule has 0 bridgehead atoms. The quantitative estimate of drug-likeness (QED) is 0.170. The van der Waals surface area contributed by atoms with E-state index in [2.05, 4.69) is 42.1 Å². The predicted molar refractivity (Wildman–Crippen MR) is 160 cm³/mol. The van der Waals surface area contributed by atoms with Gasteiger partial charge >= 0.3 is 0 Å². The highest BCUT2D eigenvalue weighted by Gasteiger charge is 2.21. The first kappa shape index (κ1) is 29.9. The normalized spacial score (nSPS) is 11.0. The second-order valence-corrected chi connectivity index (χ2v) is 10.4. The third-order valence-electron chi connectivity index (χ3n) is 6.22. The van der Waals surface area contributed by atoms with Crippen molar-refractivity contribution in [1.82, 2.24) is 24.8 Å². The number of nitrogens with two attached hydrogens (primary N) is 1. The molecule has 0 saturated heterocycles. The molecular weight excluding hydrogens is 616 g/mol. The number of aromatic nitrogens is 4. The number of anilines is 1. The molecule has 0 unspecified atom stereocenters. The Morgan fingerprint density at radius 1 is 1.17 bits per heavy atom. The van der Waals surface area contributed by atoms with E-state index in [1.807, 2.05) is 13.0 Å². The molecule has 216 valence electrons. The molecule has 0 atom stereocenters. The van der Waals surface area contributed by atoms with Gasteiger partial charge in [0.1, 0.15) is 17.0 Å². The van der Waals surface area contributed by atoms with E-state index in [4.69, 9.17) is 22.1 Å². The molecule has 2 aromatic heterocycles. The van der Waals surface area contributed by atoms with Gasteiger partial charge in [0.2, 0.25) is 17.8 Å². The van der Waals surface area contributed by atoms with Crippen LogP contribution in [0, 0.1) is 6.92 Å². The lowest BCUT2D eigenvalue weighted by molar-refractivity contribution is -0.121. The molecule has 14 heteroatoms. The number of carbonyl (C=O) groups is 3. The van der Waals surface area contributed by atoms with Crippen LogP contribution in [0.25, 0.3) is 11.0 Å². The summed E-state index contributed by atoms with van der Waals surface area (Å²) in [6.07, 6.45) is 0.731. The molecule has 2 aromatic carbocycles. The van der Waals surface area contributed by atoms with Gasteiger partial charge in [0.15, 0.2) is 0 Å². The Labute approximate surface area is 249 Å². The van der Waals surface area contributed by atoms with E-state index >= 15 is 0 Å². The fourth-order valence-electron chi connectivity index (χ4n) is 4.23. The number of aryl methyl sites for hydroxylation is 2. The van der Waals surface area contributed by atoms with Gasteiger partial charge in [-0.1, -0.05) is 33.6 Å². The molecule has 12 nitrogen and oxygen atoms in total. The molecule has 41 heavy (non-hydrogen) atoms. The number of primary amides is 1. The van der Waals surface area contributed by atoms with Gasteiger partial charge in [0.05, 0.1) is 18.3 Å². The van der Waals surface area contributed by atoms with Crippen molar-refractivity contribution >= 4 is 62.2 Å². The Balaban J connectivity index is 1.51. The van der Waals surface area contributed by atoms with E-state index in [1.165, 1.54) is 19.2 Å². The number of amides is 3. The van der Waals surface area contributed by atoms with Gasteiger partial charge in [-0.3, -0.25) is 24.4 Å². The molecule has 0 aliphatic rings. The number of hydrogen-bond donors (Lipinski definition) is 4. The number of ether oxygens (including phenoxy) is 1. The smallest absolute Gasteiger partial charge is 0.276 e. The molecule has 0 radical (unpaired) electrons. The number of halogens is 2. The molecular formula is C27H30BrClN8O4. The van der Waals surface area contributed by atoms with Crippen molar-refractivity contribution in [3.05, 3.63) is 68.4 Å². The van der Waals surface area contributed by atoms with Gasteiger partial charge in [0, 0.05) is 41.1 Å². The molecule has 4 aromatic rings. The van der Waals surface area contributed by atoms with Gasteiger partial charge in [0.25, 0.3) is 5.91 Å². The fraction of sp³-hybridized carbons (Fsp3) is 0.296. The van der Waals surface area contributed by atoms with Crippen molar-refractivity contribution in [3.8, 4) is 5.75 Å². The van der Waals surface area contributed by atoms with Crippen molar-refractivity contribution < 1.29 is 19.1 Å². The number of carbonyl (C=O) groups excluding carboxylic acids is 3. The Bertz CT molecular complexity index is 1620. The average molecular weight is 646 g/mol. The molecule has 0 aliphatic carbocycles. The average Bonchev–Trinajstić information content (AvgIpc) is 3.49. The maximum atomic E-state index is 13.2. The summed E-state index contributed by atoms with van der Waals surface area (Å²) in [5.41, 5.74) is 11.8. The summed E-state index contributed by atoms with van der Waals surface area (Å²) in [5, 5.41) is 10.7. The lowest BCUT2D eigenvalue weighted by Gasteiger charge is -2.14. The number of imidazole rings is 1. The number of benzene rings is 2. The third kappa shape index (κ3) is 6.98. The zero-order valence-corrected chi connectivity index (χ0v) is 25.1. The predicted octanol–water partition coefficient (Wildman–Crippen LogP) is 3.98. The van der Waals surface area contributed by atoms with Gasteiger partial charge in [-0.05, 0) is 56.2 Å². The van der Waals surface area contributed by atoms with Crippen molar-refractivity contribution in [2.24, 2.45) is 5.73 Å². The van der Waals surface area contributed by atoms with Crippen LogP contribution in [0.15, 0.2) is 40.9 Å². The highest BCUT2D eigenvalue weighted by molar-refractivity contribution is 9.10. The van der Waals surface area contributed by atoms with Crippen molar-refractivity contribution in [1.29, 1.82) is 0 Å². The standard InChI is InChI=1S/C27H30BrClN8O4/c1-4-36-21(10-15(2)35-36)26(40)34-27-33-20-11-17(25(30)39)12-22(41-3)24(20)37(27)32-9-5-6-23(38)31-14-16-7-8-18(29)13-19(16)28/h7-8,10-13,32H,4-6,9,14H2,1-3H3,(H2,30,39)(H,31,38)(H,33,34,40). The highest BCUT2D eigenvalue weighted by atomic mass is 79.9. The van der Waals surface area contributed by atoms with E-state index in [1.54, 1.807) is 34.5 Å². The van der Waals surface area contributed by atoms with Crippen LogP contribution < -0.4 is 26.5 Å². The zero-order chi connectivity index (χ0) is 29.7. The number of rotatable bonds is 12. The van der Waals surface area contributed by atoms with Crippen LogP contribution in [0.3, 0.4) is 0 Å². The zero-order valence-electron chi connectivity index (χ0n) is 22.8. The Kier molecular flexibility index (Phi) is 9.50. The molecule has 2 heterocycles. The van der Waals surface area contributed by atoms with Gasteiger partial charge in [-0.2, -0.15) is 5.10 Å². The minimum atomic E-state index is -0.641. The van der Waals surface area contributed by atoms with Crippen LogP contribution >= 0.6 is 27.5 Å². The number of methoxy groups -OCH3 is 1. The maximum absolute atomic E-state index is 13.2. The van der Waals surface area contributed by atoms with Crippen molar-refractivity contribution in [2.45, 2.75) is 39.8 Å². The highest BCUT2D eigenvalue weighted by Crippen LogP contribution is 2.30. The van der Waals surface area contributed by atoms with E-state index in [9.17, 15) is 14.4 Å². The Hall–Kier alpha value is -4.10. The number of fused-ring (bicyclic) bond motifs is 1. The van der Waals surface area contributed by atoms with Crippen LogP contribution in [0.2, 0.25) is 5.02 Å². The van der Waals surface area contributed by atoms with Crippen LogP contribution in [-0.2, 0) is 17.9 Å². The SMILES string of the molecule is CCn1nc(C)cc1C(=O)Nc1nc2cc(C(N)=O)cc(OC)c2n1NCCCC(=O)NCc1ccc(Cl)cc1Br. The fourth-order valence-corrected chi connectivity index (χ4v) is 5.05. The first-order valence-corrected chi connectivity index (χ1v) is 14.0. The lowest BCUT2D eigenvalue weighted by atomic mass is 10.1. The van der Waals surface area contributed by atoms with E-state index < -0.39 is 11.8 Å². The summed E-state index contributed by atoms with van der Waals surface area (Å²) in [7, 11) is 1.46. The molecule has 4 rings (SSSR count). The van der Waals surface area contributed by atoms with E-state index in [0.717, 1.165) is 10.0 Å². The Morgan fingerprint density at radius 2 is 1.95 bits per heavy atom. The molecule has 0 aliphatic heterocycles. The summed E-state index contributed by atoms with van der Waals surface area (Å²) >= 11 is 9.43. The molecule has 0 fully saturated rings. The number of nitrogens with one attached hydrogen (secondary N) is 3. The van der Waals surface area contributed by atoms with Crippen LogP contribution in [0.5, 0.6) is 5.75 Å². The summed E-state index contributed by atoms with van der Waals surface area (Å²) in [6.45, 7) is 4.93. The summed E-state index contributed by atoms with van der Waals surface area (Å²) in [4.78, 5) is 42.1. The van der Waals surface area contributed by atoms with Crippen molar-refractivity contribution in [3.63, 3.8) is 0 Å². The monoisotopic (exact) mass is 644 g/mol. The second kappa shape index (κ2) is 13.0. The van der Waals surface area contributed by atoms with Crippen LogP contribution in [0.1, 0.15) is 51.9 Å². The third-order valence-corrected chi connectivity index (χ3v) is 7.20. The van der Waals surface area contributed by atoms with Crippen molar-refractivity contribution in [2.75, 3.05) is 24.4 Å². The lowest BCUT2D eigenvalue weighted by Crippen LogP contribution is -2.26. The molecule has 3 amide bonds. The Morgan fingerprint density at radius 3 is 2.63 bits per heavy atom. The molecule has 0 spiro atoms. The largest absolute Gasteiger partial charge is 0.494 e. The van der Waals surface area contributed by atoms with Crippen LogP contribution in [-0.4, -0.2) is 50.8 Å². The first-order chi connectivity index (χ1) is 19.6. The first-order valence-electron chi connectivity index (χ1n) is 12.8. The van der Waals surface area contributed by atoms with Crippen LogP contribution in [0.4, 0.5) is 5.95 Å². The van der Waals surface area contributed by atoms with E-state index in [-0.39, 0.29) is 23.8 Å². The summed E-state index contributed by atoms with van der Waals surface area (Å²) in [6, 6.07) is 10.1. The summed E-state index contributed by atoms with van der Waals surface area (Å²) < 4.78 is 9.51. The number of hydrogen-bond acceptors (Lipinski definition) is 7. The molecule has 0 saturated carbocycles. The minimum Gasteiger partial charge on any atom is -0.494 e. The number of nitrogens with zero attached hydrogens (tertiary/aromatic N) is 4. The topological polar surface area (TPSA) is 158 Å². The maximum Gasteiger partial charge on any atom is 0.276 e. The van der Waals surface area contributed by atoms with Gasteiger partial charge < -0.3 is 21.2 Å². The second-order valence-electron chi connectivity index (χ2n) is 9.15. The minimum absolute atomic E-state index is 0.121. The summed E-state index contributed by atoms with van der Waals surface area (Å²) in [5.74, 6) is -0.671. The van der Waals surface area contributed by atoms with Gasteiger partial charge in [-0.25, -0.2) is 9.66 Å². The van der Waals surface area contributed by atoms with E-state index in [0.29, 0.717) is 59.2 Å².